The van der Waals surface area contributed by atoms with Crippen molar-refractivity contribution in [1.82, 2.24) is 15.1 Å². The summed E-state index contributed by atoms with van der Waals surface area (Å²) in [5.41, 5.74) is 6.33. The van der Waals surface area contributed by atoms with E-state index >= 15 is 0 Å². The number of rotatable bonds is 1. The second-order valence-electron chi connectivity index (χ2n) is 5.19. The van der Waals surface area contributed by atoms with Crippen molar-refractivity contribution in [1.29, 1.82) is 0 Å². The molecule has 0 aromatic carbocycles. The number of aromatic nitrogens is 2. The van der Waals surface area contributed by atoms with Crippen molar-refractivity contribution in [2.45, 2.75) is 26.7 Å². The van der Waals surface area contributed by atoms with E-state index in [9.17, 15) is 4.79 Å². The third-order valence-electron chi connectivity index (χ3n) is 3.09. The SMILES string of the molecule is CC1(C)CCCN(C(=O)c2cn[nH]c2N)C1. The van der Waals surface area contributed by atoms with E-state index in [0.29, 0.717) is 11.4 Å². The van der Waals surface area contributed by atoms with Crippen molar-refractivity contribution in [2.75, 3.05) is 18.8 Å². The summed E-state index contributed by atoms with van der Waals surface area (Å²) in [6, 6.07) is 0. The molecule has 2 heterocycles. The largest absolute Gasteiger partial charge is 0.383 e. The van der Waals surface area contributed by atoms with Crippen molar-refractivity contribution in [2.24, 2.45) is 5.41 Å². The molecule has 1 saturated heterocycles. The van der Waals surface area contributed by atoms with Gasteiger partial charge in [0, 0.05) is 13.1 Å². The number of carbonyl (C=O) groups excluding carboxylic acids is 1. The molecule has 0 bridgehead atoms. The highest BCUT2D eigenvalue weighted by molar-refractivity contribution is 5.98. The first-order valence-corrected chi connectivity index (χ1v) is 5.58. The molecule has 0 radical (unpaired) electrons. The maximum Gasteiger partial charge on any atom is 0.259 e. The second-order valence-corrected chi connectivity index (χ2v) is 5.19. The zero-order chi connectivity index (χ0) is 11.8. The van der Waals surface area contributed by atoms with Crippen LogP contribution < -0.4 is 5.73 Å². The number of likely N-dealkylation sites (tertiary alicyclic amines) is 1. The lowest BCUT2D eigenvalue weighted by atomic mass is 9.84. The van der Waals surface area contributed by atoms with Crippen LogP contribution in [-0.4, -0.2) is 34.1 Å². The van der Waals surface area contributed by atoms with Gasteiger partial charge in [-0.3, -0.25) is 9.89 Å². The van der Waals surface area contributed by atoms with E-state index in [2.05, 4.69) is 24.0 Å². The molecule has 1 aliphatic heterocycles. The number of amides is 1. The zero-order valence-corrected chi connectivity index (χ0v) is 9.79. The lowest BCUT2D eigenvalue weighted by Crippen LogP contribution is -2.43. The van der Waals surface area contributed by atoms with Gasteiger partial charge in [-0.15, -0.1) is 0 Å². The molecule has 88 valence electrons. The molecule has 1 amide bonds. The van der Waals surface area contributed by atoms with Gasteiger partial charge >= 0.3 is 0 Å². The lowest BCUT2D eigenvalue weighted by Gasteiger charge is -2.37. The van der Waals surface area contributed by atoms with Gasteiger partial charge in [-0.25, -0.2) is 0 Å². The molecule has 16 heavy (non-hydrogen) atoms. The summed E-state index contributed by atoms with van der Waals surface area (Å²) >= 11 is 0. The van der Waals surface area contributed by atoms with Gasteiger partial charge in [-0.05, 0) is 18.3 Å². The van der Waals surface area contributed by atoms with Crippen molar-refractivity contribution < 1.29 is 4.79 Å². The van der Waals surface area contributed by atoms with Crippen LogP contribution in [0, 0.1) is 5.41 Å². The van der Waals surface area contributed by atoms with Gasteiger partial charge in [0.2, 0.25) is 0 Å². The van der Waals surface area contributed by atoms with Crippen LogP contribution in [0.5, 0.6) is 0 Å². The first kappa shape index (κ1) is 11.0. The van der Waals surface area contributed by atoms with E-state index in [1.54, 1.807) is 0 Å². The van der Waals surface area contributed by atoms with Crippen LogP contribution in [0.2, 0.25) is 0 Å². The van der Waals surface area contributed by atoms with Crippen LogP contribution in [-0.2, 0) is 0 Å². The molecule has 0 aliphatic carbocycles. The molecule has 5 nitrogen and oxygen atoms in total. The minimum Gasteiger partial charge on any atom is -0.383 e. The smallest absolute Gasteiger partial charge is 0.259 e. The van der Waals surface area contributed by atoms with E-state index in [0.717, 1.165) is 25.9 Å². The highest BCUT2D eigenvalue weighted by Crippen LogP contribution is 2.29. The predicted octanol–water partition coefficient (Wildman–Crippen LogP) is 1.25. The van der Waals surface area contributed by atoms with Crippen molar-refractivity contribution in [3.63, 3.8) is 0 Å². The highest BCUT2D eigenvalue weighted by atomic mass is 16.2. The Kier molecular flexibility index (Phi) is 2.61. The normalized spacial score (nSPS) is 19.8. The van der Waals surface area contributed by atoms with E-state index in [1.165, 1.54) is 6.20 Å². The van der Waals surface area contributed by atoms with Gasteiger partial charge in [-0.1, -0.05) is 13.8 Å². The van der Waals surface area contributed by atoms with Gasteiger partial charge in [-0.2, -0.15) is 5.10 Å². The Morgan fingerprint density at radius 3 is 2.94 bits per heavy atom. The number of aromatic amines is 1. The van der Waals surface area contributed by atoms with Crippen LogP contribution in [0.4, 0.5) is 5.82 Å². The molecule has 0 spiro atoms. The minimum absolute atomic E-state index is 0.0148. The van der Waals surface area contributed by atoms with Gasteiger partial charge < -0.3 is 10.6 Å². The third kappa shape index (κ3) is 2.03. The standard InChI is InChI=1S/C11H18N4O/c1-11(2)4-3-5-15(7-11)10(16)8-6-13-14-9(8)12/h6H,3-5,7H2,1-2H3,(H3,12,13,14). The fraction of sp³-hybridized carbons (Fsp3) is 0.636. The van der Waals surface area contributed by atoms with E-state index in [1.807, 2.05) is 4.90 Å². The molecule has 5 heteroatoms. The Hall–Kier alpha value is -1.52. The molecule has 0 atom stereocenters. The van der Waals surface area contributed by atoms with Gasteiger partial charge in [0.1, 0.15) is 11.4 Å². The Labute approximate surface area is 95.0 Å². The van der Waals surface area contributed by atoms with Crippen molar-refractivity contribution in [3.05, 3.63) is 11.8 Å². The number of anilines is 1. The maximum absolute atomic E-state index is 12.2. The Morgan fingerprint density at radius 1 is 1.62 bits per heavy atom. The average Bonchev–Trinajstić information content (AvgIpc) is 2.62. The number of piperidine rings is 1. The fourth-order valence-electron chi connectivity index (χ4n) is 2.23. The number of nitrogens with one attached hydrogen (secondary N) is 1. The third-order valence-corrected chi connectivity index (χ3v) is 3.09. The number of nitrogens with zero attached hydrogens (tertiary/aromatic N) is 2. The summed E-state index contributed by atoms with van der Waals surface area (Å²) in [5.74, 6) is 0.340. The number of nitrogens with two attached hydrogens (primary N) is 1. The van der Waals surface area contributed by atoms with Gasteiger partial charge in [0.15, 0.2) is 0 Å². The molecule has 1 aromatic rings. The maximum atomic E-state index is 12.2. The van der Waals surface area contributed by atoms with Crippen LogP contribution >= 0.6 is 0 Å². The topological polar surface area (TPSA) is 75.0 Å². The molecular formula is C11H18N4O. The molecule has 1 fully saturated rings. The average molecular weight is 222 g/mol. The second kappa shape index (κ2) is 3.81. The zero-order valence-electron chi connectivity index (χ0n) is 9.79. The van der Waals surface area contributed by atoms with Crippen molar-refractivity contribution >= 4 is 11.7 Å². The number of H-pyrrole nitrogens is 1. The first-order chi connectivity index (χ1) is 7.49. The highest BCUT2D eigenvalue weighted by Gasteiger charge is 2.30. The van der Waals surface area contributed by atoms with Crippen LogP contribution in [0.25, 0.3) is 0 Å². The molecule has 0 saturated carbocycles. The number of carbonyl (C=O) groups is 1. The van der Waals surface area contributed by atoms with Gasteiger partial charge in [0.25, 0.3) is 5.91 Å². The Balaban J connectivity index is 2.14. The van der Waals surface area contributed by atoms with E-state index < -0.39 is 0 Å². The fourth-order valence-corrected chi connectivity index (χ4v) is 2.23. The monoisotopic (exact) mass is 222 g/mol. The number of hydrogen-bond acceptors (Lipinski definition) is 3. The summed E-state index contributed by atoms with van der Waals surface area (Å²) in [5, 5.41) is 6.37. The van der Waals surface area contributed by atoms with E-state index in [4.69, 9.17) is 5.73 Å². The number of nitrogen functional groups attached to an aromatic ring is 1. The molecular weight excluding hydrogens is 204 g/mol. The molecule has 1 aromatic heterocycles. The summed E-state index contributed by atoms with van der Waals surface area (Å²) in [4.78, 5) is 14.0. The molecule has 3 N–H and O–H groups in total. The molecule has 1 aliphatic rings. The summed E-state index contributed by atoms with van der Waals surface area (Å²) in [6.07, 6.45) is 3.72. The molecule has 0 unspecified atom stereocenters. The summed E-state index contributed by atoms with van der Waals surface area (Å²) in [7, 11) is 0. The van der Waals surface area contributed by atoms with E-state index in [-0.39, 0.29) is 11.3 Å². The Morgan fingerprint density at radius 2 is 2.38 bits per heavy atom. The van der Waals surface area contributed by atoms with Crippen LogP contribution in [0.1, 0.15) is 37.0 Å². The molecule has 2 rings (SSSR count). The quantitative estimate of drug-likeness (QED) is 0.751. The summed E-state index contributed by atoms with van der Waals surface area (Å²) in [6.45, 7) is 5.97. The lowest BCUT2D eigenvalue weighted by molar-refractivity contribution is 0.0584. The minimum atomic E-state index is -0.0148. The number of hydrogen-bond donors (Lipinski definition) is 2. The predicted molar refractivity (Wildman–Crippen MR) is 61.9 cm³/mol. The van der Waals surface area contributed by atoms with Crippen LogP contribution in [0.3, 0.4) is 0 Å². The summed E-state index contributed by atoms with van der Waals surface area (Å²) < 4.78 is 0. The Bertz CT molecular complexity index is 396. The van der Waals surface area contributed by atoms with Crippen LogP contribution in [0.15, 0.2) is 6.20 Å². The van der Waals surface area contributed by atoms with Crippen molar-refractivity contribution in [3.8, 4) is 0 Å². The first-order valence-electron chi connectivity index (χ1n) is 5.58. The van der Waals surface area contributed by atoms with Gasteiger partial charge in [0.05, 0.1) is 6.20 Å².